The second kappa shape index (κ2) is 4.57. The maximum Gasteiger partial charge on any atom is 0.410 e. The molecule has 0 unspecified atom stereocenters. The van der Waals surface area contributed by atoms with Gasteiger partial charge in [-0.15, -0.1) is 0 Å². The number of halogens is 1. The predicted octanol–water partition coefficient (Wildman–Crippen LogP) is 2.78. The van der Waals surface area contributed by atoms with Crippen molar-refractivity contribution in [3.05, 3.63) is 16.4 Å². The van der Waals surface area contributed by atoms with Gasteiger partial charge in [-0.3, -0.25) is 9.58 Å². The van der Waals surface area contributed by atoms with Gasteiger partial charge in [-0.05, 0) is 43.6 Å². The van der Waals surface area contributed by atoms with Crippen LogP contribution in [0.1, 0.15) is 33.4 Å². The summed E-state index contributed by atoms with van der Waals surface area (Å²) in [6.07, 6.45) is 1.50. The smallest absolute Gasteiger partial charge is 0.410 e. The predicted molar refractivity (Wildman–Crippen MR) is 71.2 cm³/mol. The molecule has 0 saturated carbocycles. The molecular weight excluding hydrogens is 298 g/mol. The average Bonchev–Trinajstić information content (AvgIpc) is 2.56. The molecule has 0 N–H and O–H groups in total. The van der Waals surface area contributed by atoms with Crippen molar-refractivity contribution in [1.82, 2.24) is 14.7 Å². The molecule has 5 nitrogen and oxygen atoms in total. The fraction of sp³-hybridized carbons (Fsp3) is 0.667. The molecule has 0 aromatic carbocycles. The number of amides is 1. The number of carbonyl (C=O) groups is 1. The van der Waals surface area contributed by atoms with Gasteiger partial charge in [0.15, 0.2) is 0 Å². The molecule has 1 aromatic heterocycles. The third kappa shape index (κ3) is 2.68. The van der Waals surface area contributed by atoms with E-state index in [9.17, 15) is 4.79 Å². The molecule has 100 valence electrons. The molecular formula is C12H18BrN3O2. The Kier molecular flexibility index (Phi) is 3.40. The van der Waals surface area contributed by atoms with Crippen molar-refractivity contribution in [2.24, 2.45) is 0 Å². The Hall–Kier alpha value is -1.04. The van der Waals surface area contributed by atoms with Crippen LogP contribution in [0.4, 0.5) is 4.79 Å². The number of aromatic nitrogens is 2. The summed E-state index contributed by atoms with van der Waals surface area (Å²) in [7, 11) is 0. The average molecular weight is 316 g/mol. The van der Waals surface area contributed by atoms with Crippen LogP contribution in [0, 0.1) is 0 Å². The van der Waals surface area contributed by atoms with Gasteiger partial charge in [0.05, 0.1) is 35.5 Å². The van der Waals surface area contributed by atoms with Gasteiger partial charge in [-0.1, -0.05) is 0 Å². The summed E-state index contributed by atoms with van der Waals surface area (Å²) in [6, 6.07) is 0.0825. The molecule has 0 spiro atoms. The van der Waals surface area contributed by atoms with E-state index in [0.29, 0.717) is 13.1 Å². The Bertz CT molecular complexity index is 464. The molecule has 1 aliphatic rings. The zero-order valence-electron chi connectivity index (χ0n) is 11.1. The molecule has 0 radical (unpaired) electrons. The van der Waals surface area contributed by atoms with E-state index in [1.807, 2.05) is 32.4 Å². The molecule has 0 aliphatic carbocycles. The zero-order chi connectivity index (χ0) is 13.5. The van der Waals surface area contributed by atoms with Crippen molar-refractivity contribution >= 4 is 22.0 Å². The van der Waals surface area contributed by atoms with E-state index in [4.69, 9.17) is 4.74 Å². The largest absolute Gasteiger partial charge is 0.444 e. The van der Waals surface area contributed by atoms with Gasteiger partial charge >= 0.3 is 6.09 Å². The summed E-state index contributed by atoms with van der Waals surface area (Å²) in [4.78, 5) is 13.9. The van der Waals surface area contributed by atoms with Gasteiger partial charge in [0, 0.05) is 0 Å². The third-order valence-electron chi connectivity index (χ3n) is 2.82. The lowest BCUT2D eigenvalue weighted by Gasteiger charge is -2.35. The number of hydrogen-bond acceptors (Lipinski definition) is 3. The van der Waals surface area contributed by atoms with Crippen LogP contribution in [-0.2, 0) is 17.8 Å². The standard InChI is InChI=1S/C12H18BrN3O2/c1-8-6-16-10(9(13)5-14-16)7-15(8)11(17)18-12(2,3)4/h5,8H,6-7H2,1-4H3/t8-/m1/s1. The minimum Gasteiger partial charge on any atom is -0.444 e. The topological polar surface area (TPSA) is 47.4 Å². The van der Waals surface area contributed by atoms with Gasteiger partial charge in [-0.2, -0.15) is 5.10 Å². The van der Waals surface area contributed by atoms with Crippen LogP contribution in [0.5, 0.6) is 0 Å². The van der Waals surface area contributed by atoms with E-state index < -0.39 is 5.60 Å². The molecule has 2 heterocycles. The Balaban J connectivity index is 2.16. The number of fused-ring (bicyclic) bond motifs is 1. The van der Waals surface area contributed by atoms with Gasteiger partial charge in [0.1, 0.15) is 5.60 Å². The normalized spacial score (nSPS) is 19.6. The molecule has 0 fully saturated rings. The Labute approximate surface area is 115 Å². The number of carbonyl (C=O) groups excluding carboxylic acids is 1. The summed E-state index contributed by atoms with van der Waals surface area (Å²) in [5, 5.41) is 4.27. The van der Waals surface area contributed by atoms with Crippen LogP contribution < -0.4 is 0 Å². The van der Waals surface area contributed by atoms with Crippen LogP contribution in [0.3, 0.4) is 0 Å². The van der Waals surface area contributed by atoms with Crippen molar-refractivity contribution in [2.75, 3.05) is 0 Å². The summed E-state index contributed by atoms with van der Waals surface area (Å²) in [5.74, 6) is 0. The van der Waals surface area contributed by atoms with E-state index in [1.165, 1.54) is 0 Å². The Morgan fingerprint density at radius 3 is 2.83 bits per heavy atom. The van der Waals surface area contributed by atoms with Gasteiger partial charge in [0.2, 0.25) is 0 Å². The fourth-order valence-electron chi connectivity index (χ4n) is 1.93. The number of rotatable bonds is 0. The summed E-state index contributed by atoms with van der Waals surface area (Å²) in [5.41, 5.74) is 0.546. The second-order valence-electron chi connectivity index (χ2n) is 5.58. The van der Waals surface area contributed by atoms with Crippen LogP contribution in [-0.4, -0.2) is 32.4 Å². The number of ether oxygens (including phenoxy) is 1. The Morgan fingerprint density at radius 1 is 1.56 bits per heavy atom. The maximum atomic E-state index is 12.1. The van der Waals surface area contributed by atoms with Crippen molar-refractivity contribution in [3.63, 3.8) is 0 Å². The first kappa shape index (κ1) is 13.4. The van der Waals surface area contributed by atoms with Gasteiger partial charge in [0.25, 0.3) is 0 Å². The number of nitrogens with zero attached hydrogens (tertiary/aromatic N) is 3. The third-order valence-corrected chi connectivity index (χ3v) is 3.48. The highest BCUT2D eigenvalue weighted by Gasteiger charge is 2.31. The highest BCUT2D eigenvalue weighted by atomic mass is 79.9. The van der Waals surface area contributed by atoms with Crippen molar-refractivity contribution in [2.45, 2.75) is 52.4 Å². The first-order valence-corrected chi connectivity index (χ1v) is 6.77. The molecule has 0 bridgehead atoms. The zero-order valence-corrected chi connectivity index (χ0v) is 12.7. The molecule has 18 heavy (non-hydrogen) atoms. The molecule has 1 amide bonds. The Morgan fingerprint density at radius 2 is 2.22 bits per heavy atom. The minimum absolute atomic E-state index is 0.0825. The van der Waals surface area contributed by atoms with Gasteiger partial charge < -0.3 is 4.74 Å². The van der Waals surface area contributed by atoms with Crippen molar-refractivity contribution in [1.29, 1.82) is 0 Å². The molecule has 0 saturated heterocycles. The van der Waals surface area contributed by atoms with Crippen LogP contribution >= 0.6 is 15.9 Å². The van der Waals surface area contributed by atoms with Crippen molar-refractivity contribution < 1.29 is 9.53 Å². The van der Waals surface area contributed by atoms with Crippen LogP contribution in [0.25, 0.3) is 0 Å². The van der Waals surface area contributed by atoms with Crippen LogP contribution in [0.2, 0.25) is 0 Å². The lowest BCUT2D eigenvalue weighted by Crippen LogP contribution is -2.47. The van der Waals surface area contributed by atoms with E-state index in [-0.39, 0.29) is 12.1 Å². The molecule has 6 heteroatoms. The van der Waals surface area contributed by atoms with Crippen molar-refractivity contribution in [3.8, 4) is 0 Å². The molecule has 1 aliphatic heterocycles. The molecule has 1 atom stereocenters. The van der Waals surface area contributed by atoms with E-state index in [1.54, 1.807) is 11.1 Å². The second-order valence-corrected chi connectivity index (χ2v) is 6.43. The summed E-state index contributed by atoms with van der Waals surface area (Å²) < 4.78 is 8.28. The minimum atomic E-state index is -0.467. The van der Waals surface area contributed by atoms with E-state index in [2.05, 4.69) is 21.0 Å². The summed E-state index contributed by atoms with van der Waals surface area (Å²) in [6.45, 7) is 8.85. The lowest BCUT2D eigenvalue weighted by molar-refractivity contribution is 0.00899. The number of hydrogen-bond donors (Lipinski definition) is 0. The van der Waals surface area contributed by atoms with Crippen LogP contribution in [0.15, 0.2) is 10.7 Å². The highest BCUT2D eigenvalue weighted by molar-refractivity contribution is 9.10. The molecule has 1 aromatic rings. The fourth-order valence-corrected chi connectivity index (χ4v) is 2.36. The monoisotopic (exact) mass is 315 g/mol. The molecule has 2 rings (SSSR count). The quantitative estimate of drug-likeness (QED) is 0.739. The lowest BCUT2D eigenvalue weighted by atomic mass is 10.2. The highest BCUT2D eigenvalue weighted by Crippen LogP contribution is 2.25. The SMILES string of the molecule is C[C@@H]1Cn2ncc(Br)c2CN1C(=O)OC(C)(C)C. The first-order valence-electron chi connectivity index (χ1n) is 5.98. The maximum absolute atomic E-state index is 12.1. The van der Waals surface area contributed by atoms with Gasteiger partial charge in [-0.25, -0.2) is 4.79 Å². The van der Waals surface area contributed by atoms with E-state index in [0.717, 1.165) is 10.2 Å². The first-order chi connectivity index (χ1) is 8.28. The summed E-state index contributed by atoms with van der Waals surface area (Å²) >= 11 is 3.45. The van der Waals surface area contributed by atoms with E-state index >= 15 is 0 Å².